The van der Waals surface area contributed by atoms with Crippen molar-refractivity contribution in [3.05, 3.63) is 86.3 Å². The zero-order valence-electron chi connectivity index (χ0n) is 20.5. The van der Waals surface area contributed by atoms with Crippen molar-refractivity contribution in [1.29, 1.82) is 0 Å². The molecule has 1 fully saturated rings. The van der Waals surface area contributed by atoms with E-state index in [0.717, 1.165) is 14.7 Å². The van der Waals surface area contributed by atoms with Crippen molar-refractivity contribution in [2.75, 3.05) is 20.2 Å². The Hall–Kier alpha value is -3.15. The van der Waals surface area contributed by atoms with Gasteiger partial charge in [0.15, 0.2) is 0 Å². The van der Waals surface area contributed by atoms with Crippen molar-refractivity contribution in [1.82, 2.24) is 19.9 Å². The lowest BCUT2D eigenvalue weighted by Gasteiger charge is -2.24. The number of methoxy groups -OCH3 is 1. The topological polar surface area (TPSA) is 80.5 Å². The number of carbonyl (C=O) groups excluding carboxylic acids is 1. The number of carbonyl (C=O) groups is 1. The summed E-state index contributed by atoms with van der Waals surface area (Å²) in [5, 5.41) is 19.8. The van der Waals surface area contributed by atoms with E-state index in [2.05, 4.69) is 26.2 Å². The van der Waals surface area contributed by atoms with Crippen molar-refractivity contribution >= 4 is 33.2 Å². The second-order valence-electron chi connectivity index (χ2n) is 9.22. The minimum Gasteiger partial charge on any atom is -0.497 e. The predicted molar refractivity (Wildman–Crippen MR) is 143 cm³/mol. The third-order valence-corrected chi connectivity index (χ3v) is 8.36. The highest BCUT2D eigenvalue weighted by atomic mass is 79.9. The summed E-state index contributed by atoms with van der Waals surface area (Å²) in [7, 11) is 1.44. The van der Waals surface area contributed by atoms with Gasteiger partial charge in [0.25, 0.3) is 5.91 Å². The van der Waals surface area contributed by atoms with E-state index in [4.69, 9.17) is 4.74 Å². The molecule has 0 aliphatic carbocycles. The molecule has 3 heterocycles. The molecule has 1 N–H and O–H groups in total. The number of halogens is 3. The number of rotatable bonds is 6. The average Bonchev–Trinajstić information content (AvgIpc) is 3.49. The molecule has 0 saturated carbocycles. The van der Waals surface area contributed by atoms with E-state index >= 15 is 4.39 Å². The van der Waals surface area contributed by atoms with Crippen LogP contribution in [0.3, 0.4) is 0 Å². The molecule has 2 aromatic heterocycles. The lowest BCUT2D eigenvalue weighted by Crippen LogP contribution is -2.34. The highest BCUT2D eigenvalue weighted by molar-refractivity contribution is 9.11. The summed E-state index contributed by atoms with van der Waals surface area (Å²) in [6.07, 6.45) is 2.91. The summed E-state index contributed by atoms with van der Waals surface area (Å²) in [4.78, 5) is 15.8. The molecule has 2 aromatic carbocycles. The lowest BCUT2D eigenvalue weighted by molar-refractivity contribution is 0.0169. The van der Waals surface area contributed by atoms with Crippen LogP contribution in [-0.2, 0) is 12.1 Å². The Morgan fingerprint density at radius 2 is 1.97 bits per heavy atom. The number of benzene rings is 2. The first-order valence-corrected chi connectivity index (χ1v) is 13.7. The average molecular weight is 603 g/mol. The van der Waals surface area contributed by atoms with Crippen molar-refractivity contribution in [2.24, 2.45) is 0 Å². The van der Waals surface area contributed by atoms with Gasteiger partial charge in [-0.15, -0.1) is 16.4 Å². The number of hydrogen-bond acceptors (Lipinski definition) is 6. The van der Waals surface area contributed by atoms with Crippen LogP contribution in [0.25, 0.3) is 11.1 Å². The van der Waals surface area contributed by atoms with Crippen LogP contribution >= 0.6 is 27.3 Å². The predicted octanol–water partition coefficient (Wildman–Crippen LogP) is 5.62. The summed E-state index contributed by atoms with van der Waals surface area (Å²) in [5.41, 5.74) is -0.344. The maximum Gasteiger partial charge on any atom is 0.256 e. The Morgan fingerprint density at radius 3 is 2.68 bits per heavy atom. The van der Waals surface area contributed by atoms with Gasteiger partial charge in [-0.3, -0.25) is 4.79 Å². The van der Waals surface area contributed by atoms with Gasteiger partial charge in [0, 0.05) is 29.6 Å². The largest absolute Gasteiger partial charge is 0.497 e. The molecule has 11 heteroatoms. The Morgan fingerprint density at radius 1 is 1.13 bits per heavy atom. The number of hydrogen-bond donors (Lipinski definition) is 1. The molecular weight excluding hydrogens is 578 g/mol. The van der Waals surface area contributed by atoms with Gasteiger partial charge >= 0.3 is 0 Å². The van der Waals surface area contributed by atoms with E-state index in [9.17, 15) is 14.3 Å². The molecule has 1 atom stereocenters. The van der Waals surface area contributed by atoms with Crippen LogP contribution < -0.4 is 4.74 Å². The summed E-state index contributed by atoms with van der Waals surface area (Å²) in [5.74, 6) is -1.39. The molecule has 0 bridgehead atoms. The van der Waals surface area contributed by atoms with Crippen LogP contribution in [0.2, 0.25) is 0 Å². The van der Waals surface area contributed by atoms with Crippen molar-refractivity contribution in [3.8, 4) is 16.9 Å². The molecule has 1 unspecified atom stereocenters. The van der Waals surface area contributed by atoms with E-state index < -0.39 is 23.1 Å². The minimum absolute atomic E-state index is 0.0961. The first kappa shape index (κ1) is 26.5. The lowest BCUT2D eigenvalue weighted by atomic mass is 9.92. The zero-order valence-corrected chi connectivity index (χ0v) is 22.9. The van der Waals surface area contributed by atoms with Gasteiger partial charge in [0.05, 0.1) is 29.2 Å². The number of thiophene rings is 1. The van der Waals surface area contributed by atoms with Crippen molar-refractivity contribution in [2.45, 2.75) is 31.4 Å². The second kappa shape index (κ2) is 10.9. The molecule has 5 rings (SSSR count). The van der Waals surface area contributed by atoms with E-state index in [1.54, 1.807) is 28.3 Å². The summed E-state index contributed by atoms with van der Waals surface area (Å²) in [6.45, 7) is 1.14. The van der Waals surface area contributed by atoms with Gasteiger partial charge < -0.3 is 14.7 Å². The number of ether oxygens (including phenoxy) is 1. The number of aromatic nitrogens is 3. The first-order chi connectivity index (χ1) is 18.3. The van der Waals surface area contributed by atoms with Crippen molar-refractivity contribution < 1.29 is 23.4 Å². The van der Waals surface area contributed by atoms with E-state index in [0.29, 0.717) is 42.9 Å². The van der Waals surface area contributed by atoms with E-state index in [1.165, 1.54) is 36.3 Å². The normalized spacial score (nSPS) is 17.9. The van der Waals surface area contributed by atoms with Gasteiger partial charge in [0.1, 0.15) is 28.7 Å². The Labute approximate surface area is 230 Å². The Kier molecular flexibility index (Phi) is 7.60. The molecule has 1 amide bonds. The molecule has 1 aliphatic rings. The third kappa shape index (κ3) is 5.50. The van der Waals surface area contributed by atoms with Crippen LogP contribution in [0.4, 0.5) is 8.78 Å². The molecule has 7 nitrogen and oxygen atoms in total. The van der Waals surface area contributed by atoms with Gasteiger partial charge in [-0.2, -0.15) is 0 Å². The quantitative estimate of drug-likeness (QED) is 0.310. The molecule has 4 aromatic rings. The monoisotopic (exact) mass is 602 g/mol. The Bertz CT molecular complexity index is 1480. The molecule has 198 valence electrons. The van der Waals surface area contributed by atoms with Crippen molar-refractivity contribution in [3.63, 3.8) is 0 Å². The van der Waals surface area contributed by atoms with E-state index in [-0.39, 0.29) is 24.1 Å². The molecule has 0 radical (unpaired) electrons. The number of amides is 1. The number of nitrogens with zero attached hydrogens (tertiary/aromatic N) is 4. The molecule has 0 spiro atoms. The van der Waals surface area contributed by atoms with Crippen LogP contribution in [-0.4, -0.2) is 51.1 Å². The fourth-order valence-corrected chi connectivity index (χ4v) is 6.12. The minimum atomic E-state index is -1.24. The molecule has 1 aliphatic heterocycles. The maximum atomic E-state index is 15.1. The van der Waals surface area contributed by atoms with Gasteiger partial charge in [0.2, 0.25) is 0 Å². The first-order valence-electron chi connectivity index (χ1n) is 12.1. The number of aliphatic hydroxyl groups is 1. The number of likely N-dealkylation sites (tertiary alicyclic amines) is 1. The van der Waals surface area contributed by atoms with Gasteiger partial charge in [-0.05, 0) is 77.2 Å². The SMILES string of the molecule is COc1ccc(-c2ccc(C(=O)N3CCCC(O)(c4cn(Cc5ccc(Br)s5)nn4)CC3)c(F)c2)c(F)c1. The summed E-state index contributed by atoms with van der Waals surface area (Å²) >= 11 is 5.05. The van der Waals surface area contributed by atoms with Crippen LogP contribution in [0.5, 0.6) is 5.75 Å². The van der Waals surface area contributed by atoms with Crippen LogP contribution in [0.15, 0.2) is 58.5 Å². The molecule has 38 heavy (non-hydrogen) atoms. The highest BCUT2D eigenvalue weighted by Crippen LogP contribution is 2.33. The smallest absolute Gasteiger partial charge is 0.256 e. The van der Waals surface area contributed by atoms with Gasteiger partial charge in [-0.1, -0.05) is 11.3 Å². The third-order valence-electron chi connectivity index (χ3n) is 6.75. The molecule has 1 saturated heterocycles. The van der Waals surface area contributed by atoms with E-state index in [1.807, 2.05) is 12.1 Å². The fourth-order valence-electron chi connectivity index (χ4n) is 4.65. The maximum absolute atomic E-state index is 15.1. The van der Waals surface area contributed by atoms with Crippen LogP contribution in [0, 0.1) is 11.6 Å². The summed E-state index contributed by atoms with van der Waals surface area (Å²) in [6, 6.07) is 12.4. The zero-order chi connectivity index (χ0) is 26.9. The summed E-state index contributed by atoms with van der Waals surface area (Å²) < 4.78 is 37.2. The fraction of sp³-hybridized carbons (Fsp3) is 0.296. The molecular formula is C27H25BrF2N4O3S. The van der Waals surface area contributed by atoms with Gasteiger partial charge in [-0.25, -0.2) is 13.5 Å². The highest BCUT2D eigenvalue weighted by Gasteiger charge is 2.36. The second-order valence-corrected chi connectivity index (χ2v) is 11.8. The van der Waals surface area contributed by atoms with Crippen LogP contribution in [0.1, 0.15) is 40.2 Å². The Balaban J connectivity index is 1.28. The standard InChI is InChI=1S/C27H25BrF2N4O3S/c1-37-18-4-7-20(23(30)14-18)17-3-6-21(22(29)13-17)26(35)33-11-2-9-27(36,10-12-33)24-16-34(32-31-24)15-19-5-8-25(28)38-19/h3-8,13-14,16,36H,2,9-12,15H2,1H3.